The Kier molecular flexibility index (Phi) is 5.08. The van der Waals surface area contributed by atoms with Gasteiger partial charge in [0, 0.05) is 44.1 Å². The van der Waals surface area contributed by atoms with Crippen LogP contribution in [0.5, 0.6) is 0 Å². The molecule has 1 saturated heterocycles. The van der Waals surface area contributed by atoms with E-state index in [-0.39, 0.29) is 0 Å². The SMILES string of the molecule is CCCC(C)CN1CCN(c2ccc(N)cc2)CC1. The summed E-state index contributed by atoms with van der Waals surface area (Å²) in [5, 5.41) is 0. The van der Waals surface area contributed by atoms with E-state index < -0.39 is 0 Å². The fourth-order valence-electron chi connectivity index (χ4n) is 2.90. The van der Waals surface area contributed by atoms with Gasteiger partial charge in [0.25, 0.3) is 0 Å². The van der Waals surface area contributed by atoms with E-state index in [0.717, 1.165) is 24.7 Å². The predicted molar refractivity (Wildman–Crippen MR) is 83.6 cm³/mol. The number of hydrogen-bond acceptors (Lipinski definition) is 3. The maximum Gasteiger partial charge on any atom is 0.0368 e. The minimum atomic E-state index is 0.827. The van der Waals surface area contributed by atoms with E-state index in [1.54, 1.807) is 0 Å². The van der Waals surface area contributed by atoms with Crippen LogP contribution in [0.2, 0.25) is 0 Å². The number of nitrogens with two attached hydrogens (primary N) is 1. The fraction of sp³-hybridized carbons (Fsp3) is 0.625. The zero-order valence-electron chi connectivity index (χ0n) is 12.3. The minimum Gasteiger partial charge on any atom is -0.399 e. The first-order valence-electron chi connectivity index (χ1n) is 7.52. The molecule has 0 spiro atoms. The molecule has 0 bridgehead atoms. The number of hydrogen-bond donors (Lipinski definition) is 1. The van der Waals surface area contributed by atoms with Gasteiger partial charge < -0.3 is 10.6 Å². The van der Waals surface area contributed by atoms with Gasteiger partial charge in [-0.3, -0.25) is 4.90 Å². The molecule has 1 unspecified atom stereocenters. The van der Waals surface area contributed by atoms with Crippen molar-refractivity contribution in [1.82, 2.24) is 4.90 Å². The molecule has 0 aromatic heterocycles. The molecule has 3 nitrogen and oxygen atoms in total. The highest BCUT2D eigenvalue weighted by Crippen LogP contribution is 2.18. The van der Waals surface area contributed by atoms with Crippen LogP contribution in [0.4, 0.5) is 11.4 Å². The normalized spacial score (nSPS) is 18.5. The third kappa shape index (κ3) is 4.13. The molecule has 19 heavy (non-hydrogen) atoms. The van der Waals surface area contributed by atoms with Gasteiger partial charge >= 0.3 is 0 Å². The standard InChI is InChI=1S/C16H27N3/c1-3-4-14(2)13-18-9-11-19(12-10-18)16-7-5-15(17)6-8-16/h5-8,14H,3-4,9-13,17H2,1-2H3. The third-order valence-corrected chi connectivity index (χ3v) is 3.98. The Bertz CT molecular complexity index is 366. The van der Waals surface area contributed by atoms with Crippen LogP contribution in [0.15, 0.2) is 24.3 Å². The monoisotopic (exact) mass is 261 g/mol. The highest BCUT2D eigenvalue weighted by atomic mass is 15.3. The van der Waals surface area contributed by atoms with Crippen molar-refractivity contribution in [3.63, 3.8) is 0 Å². The number of nitrogens with zero attached hydrogens (tertiary/aromatic N) is 2. The van der Waals surface area contributed by atoms with Crippen LogP contribution in [0.3, 0.4) is 0 Å². The number of nitrogen functional groups attached to an aromatic ring is 1. The van der Waals surface area contributed by atoms with Crippen LogP contribution in [-0.2, 0) is 0 Å². The van der Waals surface area contributed by atoms with Crippen molar-refractivity contribution in [2.75, 3.05) is 43.4 Å². The van der Waals surface area contributed by atoms with Gasteiger partial charge in [-0.2, -0.15) is 0 Å². The summed E-state index contributed by atoms with van der Waals surface area (Å²) in [6.07, 6.45) is 2.64. The van der Waals surface area contributed by atoms with Gasteiger partial charge in [-0.1, -0.05) is 20.3 Å². The lowest BCUT2D eigenvalue weighted by Crippen LogP contribution is -2.47. The zero-order chi connectivity index (χ0) is 13.7. The van der Waals surface area contributed by atoms with Crippen LogP contribution >= 0.6 is 0 Å². The lowest BCUT2D eigenvalue weighted by atomic mass is 10.1. The van der Waals surface area contributed by atoms with E-state index >= 15 is 0 Å². The van der Waals surface area contributed by atoms with Crippen molar-refractivity contribution in [2.45, 2.75) is 26.7 Å². The molecule has 2 N–H and O–H groups in total. The molecule has 1 aliphatic heterocycles. The van der Waals surface area contributed by atoms with E-state index in [1.165, 1.54) is 38.2 Å². The highest BCUT2D eigenvalue weighted by Gasteiger charge is 2.18. The maximum absolute atomic E-state index is 5.73. The van der Waals surface area contributed by atoms with Gasteiger partial charge in [0.05, 0.1) is 0 Å². The molecule has 2 rings (SSSR count). The molecule has 3 heteroatoms. The molecule has 1 atom stereocenters. The second-order valence-corrected chi connectivity index (χ2v) is 5.77. The van der Waals surface area contributed by atoms with E-state index in [0.29, 0.717) is 0 Å². The first kappa shape index (κ1) is 14.2. The molecule has 1 aliphatic rings. The van der Waals surface area contributed by atoms with Gasteiger partial charge in [-0.15, -0.1) is 0 Å². The van der Waals surface area contributed by atoms with E-state index in [2.05, 4.69) is 35.8 Å². The Morgan fingerprint density at radius 2 is 1.74 bits per heavy atom. The van der Waals surface area contributed by atoms with Crippen molar-refractivity contribution in [1.29, 1.82) is 0 Å². The minimum absolute atomic E-state index is 0.827. The van der Waals surface area contributed by atoms with Crippen molar-refractivity contribution in [3.8, 4) is 0 Å². The molecule has 1 aromatic carbocycles. The van der Waals surface area contributed by atoms with Crippen molar-refractivity contribution < 1.29 is 0 Å². The summed E-state index contributed by atoms with van der Waals surface area (Å²) in [6, 6.07) is 8.24. The summed E-state index contributed by atoms with van der Waals surface area (Å²) in [4.78, 5) is 5.06. The molecule has 1 fully saturated rings. The Morgan fingerprint density at radius 3 is 2.32 bits per heavy atom. The largest absolute Gasteiger partial charge is 0.399 e. The summed E-state index contributed by atoms with van der Waals surface area (Å²) >= 11 is 0. The van der Waals surface area contributed by atoms with Crippen molar-refractivity contribution >= 4 is 11.4 Å². The zero-order valence-corrected chi connectivity index (χ0v) is 12.3. The predicted octanol–water partition coefficient (Wildman–Crippen LogP) is 2.83. The van der Waals surface area contributed by atoms with Gasteiger partial charge in [0.2, 0.25) is 0 Å². The summed E-state index contributed by atoms with van der Waals surface area (Å²) in [6.45, 7) is 10.5. The summed E-state index contributed by atoms with van der Waals surface area (Å²) in [7, 11) is 0. The first-order chi connectivity index (χ1) is 9.19. The Hall–Kier alpha value is -1.22. The molecular formula is C16H27N3. The summed E-state index contributed by atoms with van der Waals surface area (Å²) in [5.41, 5.74) is 7.88. The van der Waals surface area contributed by atoms with Crippen molar-refractivity contribution in [3.05, 3.63) is 24.3 Å². The molecule has 106 valence electrons. The first-order valence-corrected chi connectivity index (χ1v) is 7.52. The molecule has 0 saturated carbocycles. The second kappa shape index (κ2) is 6.80. The number of anilines is 2. The fourth-order valence-corrected chi connectivity index (χ4v) is 2.90. The number of rotatable bonds is 5. The van der Waals surface area contributed by atoms with E-state index in [9.17, 15) is 0 Å². The number of benzene rings is 1. The molecule has 0 amide bonds. The molecule has 1 heterocycles. The smallest absolute Gasteiger partial charge is 0.0368 e. The Balaban J connectivity index is 1.80. The molecule has 0 radical (unpaired) electrons. The highest BCUT2D eigenvalue weighted by molar-refractivity contribution is 5.53. The van der Waals surface area contributed by atoms with E-state index in [1.807, 2.05) is 12.1 Å². The average Bonchev–Trinajstić information content (AvgIpc) is 2.41. The summed E-state index contributed by atoms with van der Waals surface area (Å²) < 4.78 is 0. The van der Waals surface area contributed by atoms with Gasteiger partial charge in [-0.25, -0.2) is 0 Å². The van der Waals surface area contributed by atoms with E-state index in [4.69, 9.17) is 5.73 Å². The Morgan fingerprint density at radius 1 is 1.11 bits per heavy atom. The third-order valence-electron chi connectivity index (χ3n) is 3.98. The van der Waals surface area contributed by atoms with Crippen LogP contribution < -0.4 is 10.6 Å². The topological polar surface area (TPSA) is 32.5 Å². The maximum atomic E-state index is 5.73. The number of piperazine rings is 1. The van der Waals surface area contributed by atoms with Gasteiger partial charge in [0.15, 0.2) is 0 Å². The Labute approximate surface area is 117 Å². The second-order valence-electron chi connectivity index (χ2n) is 5.77. The van der Waals surface area contributed by atoms with Gasteiger partial charge in [-0.05, 0) is 36.6 Å². The quantitative estimate of drug-likeness (QED) is 0.827. The van der Waals surface area contributed by atoms with Crippen molar-refractivity contribution in [2.24, 2.45) is 5.92 Å². The van der Waals surface area contributed by atoms with Crippen LogP contribution in [0.25, 0.3) is 0 Å². The van der Waals surface area contributed by atoms with Crippen LogP contribution in [0, 0.1) is 5.92 Å². The lowest BCUT2D eigenvalue weighted by Gasteiger charge is -2.37. The molecular weight excluding hydrogens is 234 g/mol. The summed E-state index contributed by atoms with van der Waals surface area (Å²) in [5.74, 6) is 0.827. The van der Waals surface area contributed by atoms with Crippen LogP contribution in [-0.4, -0.2) is 37.6 Å². The average molecular weight is 261 g/mol. The molecule has 1 aromatic rings. The lowest BCUT2D eigenvalue weighted by molar-refractivity contribution is 0.219. The molecule has 0 aliphatic carbocycles. The van der Waals surface area contributed by atoms with Crippen LogP contribution in [0.1, 0.15) is 26.7 Å². The van der Waals surface area contributed by atoms with Gasteiger partial charge in [0.1, 0.15) is 0 Å².